The van der Waals surface area contributed by atoms with E-state index < -0.39 is 0 Å². The van der Waals surface area contributed by atoms with Crippen molar-refractivity contribution in [3.05, 3.63) is 34.1 Å². The first-order chi connectivity index (χ1) is 9.63. The average Bonchev–Trinajstić information content (AvgIpc) is 2.48. The predicted molar refractivity (Wildman–Crippen MR) is 77.8 cm³/mol. The van der Waals surface area contributed by atoms with Crippen molar-refractivity contribution in [3.8, 4) is 5.88 Å². The Morgan fingerprint density at radius 3 is 2.75 bits per heavy atom. The van der Waals surface area contributed by atoms with Crippen LogP contribution in [0.5, 0.6) is 5.88 Å². The van der Waals surface area contributed by atoms with Gasteiger partial charge in [-0.15, -0.1) is 0 Å². The van der Waals surface area contributed by atoms with Gasteiger partial charge in [-0.2, -0.15) is 0 Å². The highest BCUT2D eigenvalue weighted by molar-refractivity contribution is 5.76. The second kappa shape index (κ2) is 7.28. The topological polar surface area (TPSA) is 84.1 Å². The van der Waals surface area contributed by atoms with E-state index in [9.17, 15) is 9.59 Å². The van der Waals surface area contributed by atoms with E-state index in [1.165, 1.54) is 14.0 Å². The highest BCUT2D eigenvalue weighted by atomic mass is 16.5. The third kappa shape index (κ3) is 3.34. The summed E-state index contributed by atoms with van der Waals surface area (Å²) in [5, 5.41) is 2.58. The van der Waals surface area contributed by atoms with Gasteiger partial charge in [-0.05, 0) is 12.1 Å². The Balaban J connectivity index is 0.000000956. The zero-order chi connectivity index (χ0) is 15.1. The molecule has 0 saturated heterocycles. The minimum atomic E-state index is -0.241. The number of nitrogens with one attached hydrogen (secondary N) is 2. The second-order valence-electron chi connectivity index (χ2n) is 3.78. The molecule has 0 aliphatic heterocycles. The lowest BCUT2D eigenvalue weighted by Crippen LogP contribution is -2.25. The van der Waals surface area contributed by atoms with Crippen LogP contribution in [0.25, 0.3) is 11.0 Å². The summed E-state index contributed by atoms with van der Waals surface area (Å²) in [7, 11) is 1.46. The number of H-pyrrole nitrogens is 1. The van der Waals surface area contributed by atoms with Gasteiger partial charge in [-0.25, -0.2) is 0 Å². The molecular formula is C14H19N3O3. The third-order valence-corrected chi connectivity index (χ3v) is 2.54. The molecule has 2 aromatic rings. The van der Waals surface area contributed by atoms with Gasteiger partial charge in [0.2, 0.25) is 11.3 Å². The standard InChI is InChI=1S/C12H13N3O3.C2H6/c1-7(16)14-6-8-11(17)10-9(4-3-5-13-10)15-12(8)18-2;1-2/h3-5H,6H2,1-2H3,(H,14,16)(H,15,17);1-2H3. The van der Waals surface area contributed by atoms with E-state index >= 15 is 0 Å². The van der Waals surface area contributed by atoms with Gasteiger partial charge in [0.15, 0.2) is 5.88 Å². The fourth-order valence-electron chi connectivity index (χ4n) is 1.68. The van der Waals surface area contributed by atoms with Crippen LogP contribution >= 0.6 is 0 Å². The number of pyridine rings is 2. The van der Waals surface area contributed by atoms with E-state index in [1.807, 2.05) is 13.8 Å². The van der Waals surface area contributed by atoms with Crippen LogP contribution in [0.2, 0.25) is 0 Å². The molecule has 0 aliphatic rings. The zero-order valence-corrected chi connectivity index (χ0v) is 12.1. The minimum absolute atomic E-state index is 0.111. The number of aromatic nitrogens is 2. The Morgan fingerprint density at radius 2 is 2.15 bits per heavy atom. The first kappa shape index (κ1) is 15.7. The lowest BCUT2D eigenvalue weighted by molar-refractivity contribution is -0.119. The van der Waals surface area contributed by atoms with Crippen LogP contribution in [0, 0.1) is 0 Å². The fraction of sp³-hybridized carbons (Fsp3) is 0.357. The molecule has 6 heteroatoms. The Morgan fingerprint density at radius 1 is 1.45 bits per heavy atom. The van der Waals surface area contributed by atoms with E-state index in [0.29, 0.717) is 22.5 Å². The monoisotopic (exact) mass is 277 g/mol. The molecule has 2 rings (SSSR count). The van der Waals surface area contributed by atoms with Gasteiger partial charge in [0.25, 0.3) is 0 Å². The highest BCUT2D eigenvalue weighted by Crippen LogP contribution is 2.15. The maximum Gasteiger partial charge on any atom is 0.217 e. The van der Waals surface area contributed by atoms with Crippen LogP contribution < -0.4 is 15.5 Å². The van der Waals surface area contributed by atoms with Crippen molar-refractivity contribution >= 4 is 16.9 Å². The normalized spacial score (nSPS) is 9.60. The van der Waals surface area contributed by atoms with Crippen molar-refractivity contribution < 1.29 is 9.53 Å². The summed E-state index contributed by atoms with van der Waals surface area (Å²) in [6.45, 7) is 5.50. The number of carbonyl (C=O) groups excluding carboxylic acids is 1. The molecule has 2 N–H and O–H groups in total. The fourth-order valence-corrected chi connectivity index (χ4v) is 1.68. The largest absolute Gasteiger partial charge is 0.482 e. The van der Waals surface area contributed by atoms with E-state index in [4.69, 9.17) is 4.74 Å². The number of ether oxygens (including phenoxy) is 1. The number of methoxy groups -OCH3 is 1. The molecule has 20 heavy (non-hydrogen) atoms. The third-order valence-electron chi connectivity index (χ3n) is 2.54. The van der Waals surface area contributed by atoms with Crippen molar-refractivity contribution in [2.45, 2.75) is 27.3 Å². The van der Waals surface area contributed by atoms with Crippen LogP contribution in [0.15, 0.2) is 23.1 Å². The van der Waals surface area contributed by atoms with E-state index in [1.54, 1.807) is 18.3 Å². The summed E-state index contributed by atoms with van der Waals surface area (Å²) >= 11 is 0. The Hall–Kier alpha value is -2.37. The molecule has 0 aliphatic carbocycles. The summed E-state index contributed by atoms with van der Waals surface area (Å²) in [6, 6.07) is 3.47. The zero-order valence-electron chi connectivity index (χ0n) is 12.1. The molecule has 0 aromatic carbocycles. The van der Waals surface area contributed by atoms with Crippen molar-refractivity contribution in [1.29, 1.82) is 0 Å². The molecular weight excluding hydrogens is 258 g/mol. The van der Waals surface area contributed by atoms with E-state index in [0.717, 1.165) is 0 Å². The SMILES string of the molecule is CC.COc1[nH]c2cccnc2c(=O)c1CNC(C)=O. The van der Waals surface area contributed by atoms with Crippen LogP contribution in [0.3, 0.4) is 0 Å². The quantitative estimate of drug-likeness (QED) is 0.892. The molecule has 0 radical (unpaired) electrons. The maximum atomic E-state index is 12.2. The molecule has 0 bridgehead atoms. The summed E-state index contributed by atoms with van der Waals surface area (Å²) in [6.07, 6.45) is 1.55. The Bertz CT molecular complexity index is 650. The Kier molecular flexibility index (Phi) is 5.71. The molecule has 0 fully saturated rings. The van der Waals surface area contributed by atoms with Gasteiger partial charge < -0.3 is 15.0 Å². The molecule has 2 heterocycles. The summed E-state index contributed by atoms with van der Waals surface area (Å²) < 4.78 is 5.13. The van der Waals surface area contributed by atoms with Gasteiger partial charge in [-0.3, -0.25) is 14.6 Å². The molecule has 0 unspecified atom stereocenters. The number of rotatable bonds is 3. The highest BCUT2D eigenvalue weighted by Gasteiger charge is 2.13. The number of fused-ring (bicyclic) bond motifs is 1. The number of hydrogen-bond donors (Lipinski definition) is 2. The number of hydrogen-bond acceptors (Lipinski definition) is 4. The van der Waals surface area contributed by atoms with Crippen LogP contribution in [0.4, 0.5) is 0 Å². The van der Waals surface area contributed by atoms with Gasteiger partial charge in [-0.1, -0.05) is 13.8 Å². The lowest BCUT2D eigenvalue weighted by Gasteiger charge is -2.09. The summed E-state index contributed by atoms with van der Waals surface area (Å²) in [5.41, 5.74) is 1.05. The number of nitrogens with zero attached hydrogens (tertiary/aromatic N) is 1. The van der Waals surface area contributed by atoms with Gasteiger partial charge in [0, 0.05) is 13.1 Å². The number of aromatic amines is 1. The molecule has 6 nitrogen and oxygen atoms in total. The van der Waals surface area contributed by atoms with Gasteiger partial charge >= 0.3 is 0 Å². The molecule has 108 valence electrons. The van der Waals surface area contributed by atoms with Crippen molar-refractivity contribution in [3.63, 3.8) is 0 Å². The first-order valence-corrected chi connectivity index (χ1v) is 6.41. The smallest absolute Gasteiger partial charge is 0.217 e. The lowest BCUT2D eigenvalue weighted by atomic mass is 10.2. The average molecular weight is 277 g/mol. The Labute approximate surface area is 117 Å². The minimum Gasteiger partial charge on any atom is -0.482 e. The summed E-state index contributed by atoms with van der Waals surface area (Å²) in [4.78, 5) is 30.1. The second-order valence-corrected chi connectivity index (χ2v) is 3.78. The molecule has 1 amide bonds. The van der Waals surface area contributed by atoms with E-state index in [2.05, 4.69) is 15.3 Å². The molecule has 0 saturated carbocycles. The molecule has 0 atom stereocenters. The molecule has 0 spiro atoms. The number of amides is 1. The van der Waals surface area contributed by atoms with Crippen LogP contribution in [0.1, 0.15) is 26.3 Å². The van der Waals surface area contributed by atoms with Crippen molar-refractivity contribution in [2.75, 3.05) is 7.11 Å². The maximum absolute atomic E-state index is 12.2. The van der Waals surface area contributed by atoms with Crippen molar-refractivity contribution in [2.24, 2.45) is 0 Å². The summed E-state index contributed by atoms with van der Waals surface area (Å²) in [5.74, 6) is 0.131. The number of carbonyl (C=O) groups is 1. The van der Waals surface area contributed by atoms with Gasteiger partial charge in [0.05, 0.1) is 24.7 Å². The molecule has 2 aromatic heterocycles. The van der Waals surface area contributed by atoms with E-state index in [-0.39, 0.29) is 17.9 Å². The predicted octanol–water partition coefficient (Wildman–Crippen LogP) is 1.59. The van der Waals surface area contributed by atoms with Gasteiger partial charge in [0.1, 0.15) is 5.52 Å². The van der Waals surface area contributed by atoms with Crippen LogP contribution in [-0.4, -0.2) is 23.0 Å². The first-order valence-electron chi connectivity index (χ1n) is 6.41. The van der Waals surface area contributed by atoms with Crippen molar-refractivity contribution in [1.82, 2.24) is 15.3 Å². The van der Waals surface area contributed by atoms with Crippen LogP contribution in [-0.2, 0) is 11.3 Å².